The maximum absolute atomic E-state index is 10.3. The van der Waals surface area contributed by atoms with Crippen LogP contribution in [0.1, 0.15) is 5.69 Å². The quantitative estimate of drug-likeness (QED) is 0.737. The summed E-state index contributed by atoms with van der Waals surface area (Å²) in [6.45, 7) is 0. The molecule has 1 N–H and O–H groups in total. The number of carbonyl (C=O) groups is 1. The number of thiazole rings is 1. The molecule has 0 amide bonds. The molecule has 4 nitrogen and oxygen atoms in total. The van der Waals surface area contributed by atoms with E-state index in [1.54, 1.807) is 6.20 Å². The maximum atomic E-state index is 10.3. The van der Waals surface area contributed by atoms with Crippen molar-refractivity contribution >= 4 is 28.3 Å². The van der Waals surface area contributed by atoms with Crippen molar-refractivity contribution in [1.82, 2.24) is 9.38 Å². The van der Waals surface area contributed by atoms with E-state index < -0.39 is 5.97 Å². The lowest BCUT2D eigenvalue weighted by molar-refractivity contribution is -0.131. The first kappa shape index (κ1) is 8.00. The van der Waals surface area contributed by atoms with E-state index in [0.29, 0.717) is 0 Å². The van der Waals surface area contributed by atoms with Gasteiger partial charge in [0.2, 0.25) is 0 Å². The van der Waals surface area contributed by atoms with Gasteiger partial charge in [-0.05, 0) is 6.08 Å². The molecular weight excluding hydrogens is 188 g/mol. The number of carboxylic acid groups (broad SMARTS) is 1. The predicted molar refractivity (Wildman–Crippen MR) is 49.7 cm³/mol. The Morgan fingerprint density at radius 3 is 3.31 bits per heavy atom. The lowest BCUT2D eigenvalue weighted by Crippen LogP contribution is -1.87. The molecule has 66 valence electrons. The zero-order valence-electron chi connectivity index (χ0n) is 6.54. The SMILES string of the molecule is O=C(O)C=Cc1cnc2sccn12. The van der Waals surface area contributed by atoms with Crippen LogP contribution >= 0.6 is 11.3 Å². The molecule has 0 spiro atoms. The van der Waals surface area contributed by atoms with Crippen molar-refractivity contribution in [3.63, 3.8) is 0 Å². The van der Waals surface area contributed by atoms with Gasteiger partial charge in [-0.3, -0.25) is 4.40 Å². The maximum Gasteiger partial charge on any atom is 0.328 e. The Hall–Kier alpha value is -1.62. The van der Waals surface area contributed by atoms with Gasteiger partial charge in [-0.15, -0.1) is 11.3 Å². The predicted octanol–water partition coefficient (Wildman–Crippen LogP) is 1.49. The number of aromatic nitrogens is 2. The summed E-state index contributed by atoms with van der Waals surface area (Å²) in [7, 11) is 0. The van der Waals surface area contributed by atoms with E-state index in [0.717, 1.165) is 16.7 Å². The van der Waals surface area contributed by atoms with Gasteiger partial charge in [0.1, 0.15) is 0 Å². The summed E-state index contributed by atoms with van der Waals surface area (Å²) in [5, 5.41) is 10.3. The number of imidazole rings is 1. The Balaban J connectivity index is 2.43. The summed E-state index contributed by atoms with van der Waals surface area (Å²) < 4.78 is 1.84. The van der Waals surface area contributed by atoms with Crippen molar-refractivity contribution in [3.8, 4) is 0 Å². The van der Waals surface area contributed by atoms with Crippen LogP contribution in [0.4, 0.5) is 0 Å². The first-order valence-corrected chi connectivity index (χ1v) is 4.47. The van der Waals surface area contributed by atoms with Crippen molar-refractivity contribution in [2.75, 3.05) is 0 Å². The number of nitrogens with zero attached hydrogens (tertiary/aromatic N) is 2. The van der Waals surface area contributed by atoms with E-state index >= 15 is 0 Å². The average molecular weight is 194 g/mol. The molecule has 2 aromatic heterocycles. The molecule has 13 heavy (non-hydrogen) atoms. The number of hydrogen-bond donors (Lipinski definition) is 1. The molecule has 0 unspecified atom stereocenters. The minimum Gasteiger partial charge on any atom is -0.478 e. The molecule has 0 bridgehead atoms. The summed E-state index contributed by atoms with van der Waals surface area (Å²) in [5.74, 6) is -0.954. The van der Waals surface area contributed by atoms with Gasteiger partial charge >= 0.3 is 5.97 Å². The second kappa shape index (κ2) is 3.02. The second-order valence-electron chi connectivity index (χ2n) is 2.41. The van der Waals surface area contributed by atoms with Crippen LogP contribution in [-0.2, 0) is 4.79 Å². The Labute approximate surface area is 77.8 Å². The van der Waals surface area contributed by atoms with Crippen LogP contribution in [0, 0.1) is 0 Å². The molecule has 2 heterocycles. The molecule has 0 aliphatic rings. The Morgan fingerprint density at radius 2 is 2.54 bits per heavy atom. The van der Waals surface area contributed by atoms with Crippen LogP contribution in [0.15, 0.2) is 23.8 Å². The Kier molecular flexibility index (Phi) is 1.86. The number of rotatable bonds is 2. The standard InChI is InChI=1S/C8H6N2O2S/c11-7(12)2-1-6-5-9-8-10(6)3-4-13-8/h1-5H,(H,11,12). The van der Waals surface area contributed by atoms with Gasteiger partial charge in [-0.25, -0.2) is 9.78 Å². The van der Waals surface area contributed by atoms with Gasteiger partial charge in [0.15, 0.2) is 4.96 Å². The third-order valence-electron chi connectivity index (χ3n) is 1.57. The summed E-state index contributed by atoms with van der Waals surface area (Å²) in [5.41, 5.74) is 0.777. The van der Waals surface area contributed by atoms with Gasteiger partial charge in [-0.2, -0.15) is 0 Å². The van der Waals surface area contributed by atoms with Crippen molar-refractivity contribution in [2.24, 2.45) is 0 Å². The fourth-order valence-corrected chi connectivity index (χ4v) is 1.72. The van der Waals surface area contributed by atoms with Crippen LogP contribution in [-0.4, -0.2) is 20.5 Å². The van der Waals surface area contributed by atoms with E-state index in [1.807, 2.05) is 16.0 Å². The number of fused-ring (bicyclic) bond motifs is 1. The van der Waals surface area contributed by atoms with Crippen LogP contribution in [0.25, 0.3) is 11.0 Å². The lowest BCUT2D eigenvalue weighted by Gasteiger charge is -1.86. The molecule has 0 saturated carbocycles. The van der Waals surface area contributed by atoms with Gasteiger partial charge < -0.3 is 5.11 Å². The minimum atomic E-state index is -0.954. The van der Waals surface area contributed by atoms with E-state index in [2.05, 4.69) is 4.98 Å². The molecule has 0 aromatic carbocycles. The largest absolute Gasteiger partial charge is 0.478 e. The van der Waals surface area contributed by atoms with E-state index in [1.165, 1.54) is 17.4 Å². The Morgan fingerprint density at radius 1 is 1.69 bits per heavy atom. The van der Waals surface area contributed by atoms with Gasteiger partial charge in [0.25, 0.3) is 0 Å². The van der Waals surface area contributed by atoms with E-state index in [-0.39, 0.29) is 0 Å². The van der Waals surface area contributed by atoms with Gasteiger partial charge in [-0.1, -0.05) is 0 Å². The first-order valence-electron chi connectivity index (χ1n) is 3.59. The van der Waals surface area contributed by atoms with Gasteiger partial charge in [0, 0.05) is 17.7 Å². The first-order chi connectivity index (χ1) is 6.27. The van der Waals surface area contributed by atoms with Crippen molar-refractivity contribution in [2.45, 2.75) is 0 Å². The number of aliphatic carboxylic acids is 1. The van der Waals surface area contributed by atoms with E-state index in [4.69, 9.17) is 5.11 Å². The molecule has 0 radical (unpaired) electrons. The van der Waals surface area contributed by atoms with Crippen molar-refractivity contribution in [3.05, 3.63) is 29.5 Å². The molecular formula is C8H6N2O2S. The third kappa shape index (κ3) is 1.46. The monoisotopic (exact) mass is 194 g/mol. The molecule has 0 atom stereocenters. The molecule has 0 aliphatic carbocycles. The summed E-state index contributed by atoms with van der Waals surface area (Å²) in [6.07, 6.45) is 6.12. The van der Waals surface area contributed by atoms with Crippen LogP contribution in [0.5, 0.6) is 0 Å². The number of hydrogen-bond acceptors (Lipinski definition) is 3. The highest BCUT2D eigenvalue weighted by Crippen LogP contribution is 2.13. The molecule has 0 saturated heterocycles. The van der Waals surface area contributed by atoms with Crippen LogP contribution in [0.2, 0.25) is 0 Å². The van der Waals surface area contributed by atoms with Crippen molar-refractivity contribution in [1.29, 1.82) is 0 Å². The smallest absolute Gasteiger partial charge is 0.328 e. The van der Waals surface area contributed by atoms with E-state index in [9.17, 15) is 4.79 Å². The average Bonchev–Trinajstić information content (AvgIpc) is 2.60. The lowest BCUT2D eigenvalue weighted by atomic mass is 10.4. The summed E-state index contributed by atoms with van der Waals surface area (Å²) >= 11 is 1.51. The normalized spacial score (nSPS) is 11.4. The van der Waals surface area contributed by atoms with Crippen LogP contribution in [0.3, 0.4) is 0 Å². The number of carboxylic acids is 1. The molecule has 5 heteroatoms. The van der Waals surface area contributed by atoms with Crippen LogP contribution < -0.4 is 0 Å². The minimum absolute atomic E-state index is 0.777. The molecule has 2 aromatic rings. The second-order valence-corrected chi connectivity index (χ2v) is 3.28. The highest BCUT2D eigenvalue weighted by atomic mass is 32.1. The fourth-order valence-electron chi connectivity index (χ4n) is 1.03. The molecule has 0 fully saturated rings. The highest BCUT2D eigenvalue weighted by molar-refractivity contribution is 7.15. The molecule has 0 aliphatic heterocycles. The van der Waals surface area contributed by atoms with Gasteiger partial charge in [0.05, 0.1) is 11.9 Å². The topological polar surface area (TPSA) is 54.6 Å². The highest BCUT2D eigenvalue weighted by Gasteiger charge is 2.00. The third-order valence-corrected chi connectivity index (χ3v) is 2.34. The van der Waals surface area contributed by atoms with Crippen molar-refractivity contribution < 1.29 is 9.90 Å². The fraction of sp³-hybridized carbons (Fsp3) is 0. The Bertz CT molecular complexity index is 469. The molecule has 2 rings (SSSR count). The zero-order chi connectivity index (χ0) is 9.26. The summed E-state index contributed by atoms with van der Waals surface area (Å²) in [4.78, 5) is 15.2. The zero-order valence-corrected chi connectivity index (χ0v) is 7.36. The summed E-state index contributed by atoms with van der Waals surface area (Å²) in [6, 6.07) is 0.